The lowest BCUT2D eigenvalue weighted by atomic mass is 10.1. The number of hydrogen-bond donors (Lipinski definition) is 5. The maximum absolute atomic E-state index is 12.7. The number of rotatable bonds is 10. The van der Waals surface area contributed by atoms with Crippen LogP contribution >= 0.6 is 0 Å². The van der Waals surface area contributed by atoms with Crippen molar-refractivity contribution in [2.45, 2.75) is 50.7 Å². The van der Waals surface area contributed by atoms with E-state index < -0.39 is 27.7 Å². The van der Waals surface area contributed by atoms with Gasteiger partial charge in [-0.25, -0.2) is 22.9 Å². The highest BCUT2D eigenvalue weighted by Gasteiger charge is 2.38. The van der Waals surface area contributed by atoms with Gasteiger partial charge in [-0.15, -0.1) is 0 Å². The first-order valence-electron chi connectivity index (χ1n) is 12.2. The third-order valence-electron chi connectivity index (χ3n) is 4.79. The fraction of sp³-hybridized carbons (Fsp3) is 0.346. The molecule has 0 unspecified atom stereocenters. The molecule has 1 aromatic heterocycles. The fourth-order valence-corrected chi connectivity index (χ4v) is 4.47. The van der Waals surface area contributed by atoms with Gasteiger partial charge in [0.05, 0.1) is 11.5 Å². The fourth-order valence-electron chi connectivity index (χ4n) is 3.01. The Bertz CT molecular complexity index is 1410. The molecule has 0 bridgehead atoms. The molecular weight excluding hydrogens is 565 g/mol. The van der Waals surface area contributed by atoms with Crippen LogP contribution in [-0.4, -0.2) is 54.3 Å². The van der Waals surface area contributed by atoms with Crippen LogP contribution in [0, 0.1) is 6.92 Å². The summed E-state index contributed by atoms with van der Waals surface area (Å²) in [5.41, 5.74) is 7.12. The number of aryl methyl sites for hydroxylation is 1. The first-order chi connectivity index (χ1) is 19.0. The number of benzene rings is 2. The highest BCUT2D eigenvalue weighted by molar-refractivity contribution is 7.89. The number of halogens is 3. The largest absolute Gasteiger partial charge is 0.494 e. The van der Waals surface area contributed by atoms with E-state index in [4.69, 9.17) is 20.4 Å². The maximum Gasteiger partial charge on any atom is 0.490 e. The number of aliphatic carboxylic acids is 1. The number of carbonyl (C=O) groups is 1. The van der Waals surface area contributed by atoms with E-state index in [0.29, 0.717) is 30.6 Å². The molecule has 3 rings (SSSR count). The van der Waals surface area contributed by atoms with Crippen molar-refractivity contribution in [3.63, 3.8) is 0 Å². The van der Waals surface area contributed by atoms with E-state index in [1.165, 1.54) is 0 Å². The number of aromatic nitrogens is 2. The van der Waals surface area contributed by atoms with Crippen molar-refractivity contribution in [2.24, 2.45) is 5.73 Å². The van der Waals surface area contributed by atoms with E-state index in [0.717, 1.165) is 23.4 Å². The van der Waals surface area contributed by atoms with Crippen molar-refractivity contribution >= 4 is 39.1 Å². The molecular formula is C26H33F3N6O5S. The van der Waals surface area contributed by atoms with Crippen molar-refractivity contribution in [2.75, 3.05) is 23.8 Å². The number of hydrogen-bond acceptors (Lipinski definition) is 9. The van der Waals surface area contributed by atoms with Crippen molar-refractivity contribution in [1.29, 1.82) is 0 Å². The van der Waals surface area contributed by atoms with Gasteiger partial charge in [0.2, 0.25) is 16.0 Å². The standard InChI is InChI=1S/C24H32N6O3S.C2HF3O2/c1-17-16-26-23(28-18-9-11-20(12-10-18)33-14-6-13-25)29-22(17)27-19-7-5-8-21(15-19)34(31,32)30-24(2,3)4;3-2(4,5)1(6)7/h5,7-12,15-16,30H,6,13-14,25H2,1-4H3,(H2,26,27,28,29);(H,6,7). The van der Waals surface area contributed by atoms with Gasteiger partial charge in [0, 0.05) is 28.7 Å². The Kier molecular flexibility index (Phi) is 11.4. The number of carboxylic acid groups (broad SMARTS) is 1. The summed E-state index contributed by atoms with van der Waals surface area (Å²) in [5.74, 6) is -1.02. The molecule has 0 aliphatic heterocycles. The van der Waals surface area contributed by atoms with Gasteiger partial charge in [-0.05, 0) is 83.1 Å². The van der Waals surface area contributed by atoms with Crippen LogP contribution in [0.4, 0.5) is 36.3 Å². The van der Waals surface area contributed by atoms with Gasteiger partial charge in [-0.3, -0.25) is 0 Å². The molecule has 3 aromatic rings. The van der Waals surface area contributed by atoms with Crippen LogP contribution in [-0.2, 0) is 14.8 Å². The molecule has 0 fully saturated rings. The Morgan fingerprint density at radius 1 is 1.05 bits per heavy atom. The summed E-state index contributed by atoms with van der Waals surface area (Å²) in [4.78, 5) is 18.0. The zero-order valence-electron chi connectivity index (χ0n) is 22.9. The van der Waals surface area contributed by atoms with Crippen molar-refractivity contribution < 1.29 is 36.2 Å². The molecule has 0 amide bonds. The summed E-state index contributed by atoms with van der Waals surface area (Å²) in [6.45, 7) is 8.44. The maximum atomic E-state index is 12.7. The summed E-state index contributed by atoms with van der Waals surface area (Å²) >= 11 is 0. The second-order valence-corrected chi connectivity index (χ2v) is 11.4. The second kappa shape index (κ2) is 14.1. The third-order valence-corrected chi connectivity index (χ3v) is 6.55. The van der Waals surface area contributed by atoms with Crippen molar-refractivity contribution in [1.82, 2.24) is 14.7 Å². The molecule has 224 valence electrons. The van der Waals surface area contributed by atoms with E-state index in [9.17, 15) is 21.6 Å². The zero-order chi connectivity index (χ0) is 30.8. The topological polar surface area (TPSA) is 169 Å². The van der Waals surface area contributed by atoms with Crippen LogP contribution in [0.1, 0.15) is 32.8 Å². The smallest absolute Gasteiger partial charge is 0.490 e. The predicted molar refractivity (Wildman–Crippen MR) is 149 cm³/mol. The predicted octanol–water partition coefficient (Wildman–Crippen LogP) is 4.71. The Balaban J connectivity index is 0.000000745. The average Bonchev–Trinajstić information content (AvgIpc) is 2.86. The molecule has 0 aliphatic rings. The second-order valence-electron chi connectivity index (χ2n) is 9.68. The lowest BCUT2D eigenvalue weighted by Crippen LogP contribution is -2.40. The van der Waals surface area contributed by atoms with Crippen molar-refractivity contribution in [3.05, 3.63) is 60.3 Å². The number of nitrogens with two attached hydrogens (primary N) is 1. The van der Waals surface area contributed by atoms with Gasteiger partial charge in [0.1, 0.15) is 11.6 Å². The van der Waals surface area contributed by atoms with Crippen molar-refractivity contribution in [3.8, 4) is 5.75 Å². The molecule has 0 aliphatic carbocycles. The SMILES string of the molecule is Cc1cnc(Nc2ccc(OCCCN)cc2)nc1Nc1cccc(S(=O)(=O)NC(C)(C)C)c1.O=C(O)C(F)(F)F. The number of nitrogens with zero attached hydrogens (tertiary/aromatic N) is 2. The molecule has 11 nitrogen and oxygen atoms in total. The average molecular weight is 599 g/mol. The Morgan fingerprint density at radius 2 is 1.68 bits per heavy atom. The van der Waals surface area contributed by atoms with Gasteiger partial charge in [-0.2, -0.15) is 18.2 Å². The highest BCUT2D eigenvalue weighted by Crippen LogP contribution is 2.24. The number of ether oxygens (including phenoxy) is 1. The van der Waals surface area contributed by atoms with Gasteiger partial charge in [0.15, 0.2) is 0 Å². The first kappa shape index (κ1) is 33.3. The lowest BCUT2D eigenvalue weighted by Gasteiger charge is -2.20. The third kappa shape index (κ3) is 11.6. The van der Waals surface area contributed by atoms with E-state index in [-0.39, 0.29) is 4.90 Å². The van der Waals surface area contributed by atoms with Crippen LogP contribution in [0.3, 0.4) is 0 Å². The van der Waals surface area contributed by atoms with Crippen LogP contribution in [0.15, 0.2) is 59.6 Å². The highest BCUT2D eigenvalue weighted by atomic mass is 32.2. The van der Waals surface area contributed by atoms with Crippen LogP contribution < -0.4 is 25.8 Å². The Hall–Kier alpha value is -3.95. The molecule has 0 saturated heterocycles. The molecule has 2 aromatic carbocycles. The molecule has 15 heteroatoms. The minimum absolute atomic E-state index is 0.172. The van der Waals surface area contributed by atoms with Gasteiger partial charge in [0.25, 0.3) is 0 Å². The van der Waals surface area contributed by atoms with Gasteiger partial charge >= 0.3 is 12.1 Å². The van der Waals surface area contributed by atoms with E-state index >= 15 is 0 Å². The summed E-state index contributed by atoms with van der Waals surface area (Å²) in [5, 5.41) is 13.5. The Morgan fingerprint density at radius 3 is 2.24 bits per heavy atom. The quantitative estimate of drug-likeness (QED) is 0.206. The van der Waals surface area contributed by atoms with E-state index in [1.807, 2.05) is 31.2 Å². The van der Waals surface area contributed by atoms with Crippen LogP contribution in [0.5, 0.6) is 5.75 Å². The molecule has 0 saturated carbocycles. The Labute approximate surface area is 236 Å². The van der Waals surface area contributed by atoms with E-state index in [1.54, 1.807) is 51.2 Å². The molecule has 1 heterocycles. The summed E-state index contributed by atoms with van der Waals surface area (Å²) in [6, 6.07) is 14.1. The summed E-state index contributed by atoms with van der Waals surface area (Å²) in [7, 11) is -3.65. The number of sulfonamides is 1. The first-order valence-corrected chi connectivity index (χ1v) is 13.7. The number of nitrogens with one attached hydrogen (secondary N) is 3. The molecule has 0 radical (unpaired) electrons. The molecule has 6 N–H and O–H groups in total. The molecule has 0 atom stereocenters. The molecule has 41 heavy (non-hydrogen) atoms. The summed E-state index contributed by atoms with van der Waals surface area (Å²) < 4.78 is 65.4. The number of carboxylic acids is 1. The van der Waals surface area contributed by atoms with Gasteiger partial charge < -0.3 is 26.2 Å². The zero-order valence-corrected chi connectivity index (χ0v) is 23.7. The van der Waals surface area contributed by atoms with Crippen LogP contribution in [0.2, 0.25) is 0 Å². The lowest BCUT2D eigenvalue weighted by molar-refractivity contribution is -0.192. The number of alkyl halides is 3. The normalized spacial score (nSPS) is 11.7. The van der Waals surface area contributed by atoms with Crippen LogP contribution in [0.25, 0.3) is 0 Å². The minimum Gasteiger partial charge on any atom is -0.494 e. The van der Waals surface area contributed by atoms with Gasteiger partial charge in [-0.1, -0.05) is 6.07 Å². The molecule has 0 spiro atoms. The van der Waals surface area contributed by atoms with E-state index in [2.05, 4.69) is 25.3 Å². The number of anilines is 4. The summed E-state index contributed by atoms with van der Waals surface area (Å²) in [6.07, 6.45) is -2.58. The minimum atomic E-state index is -5.08. The monoisotopic (exact) mass is 598 g/mol.